The third kappa shape index (κ3) is 4.03. The summed E-state index contributed by atoms with van der Waals surface area (Å²) in [6.07, 6.45) is 1.72. The molecule has 0 spiro atoms. The Hall–Kier alpha value is -1.43. The van der Waals surface area contributed by atoms with Crippen LogP contribution in [0.25, 0.3) is 0 Å². The first kappa shape index (κ1) is 15.0. The van der Waals surface area contributed by atoms with Gasteiger partial charge in [0.1, 0.15) is 0 Å². The highest BCUT2D eigenvalue weighted by Gasteiger charge is 2.47. The fourth-order valence-corrected chi connectivity index (χ4v) is 4.39. The molecule has 0 radical (unpaired) electrons. The minimum atomic E-state index is -3.27. The molecular weight excluding hydrogens is 278 g/mol. The lowest BCUT2D eigenvalue weighted by Gasteiger charge is -2.13. The first-order valence-electron chi connectivity index (χ1n) is 6.54. The average Bonchev–Trinajstić information content (AvgIpc) is 3.06. The molecule has 0 amide bonds. The van der Waals surface area contributed by atoms with E-state index >= 15 is 0 Å². The van der Waals surface area contributed by atoms with Crippen molar-refractivity contribution >= 4 is 15.8 Å². The zero-order valence-electron chi connectivity index (χ0n) is 11.8. The molecule has 0 N–H and O–H groups in total. The number of carbonyl (C=O) groups excluding carboxylic acids is 1. The molecule has 1 aromatic rings. The molecule has 0 aromatic carbocycles. The van der Waals surface area contributed by atoms with Crippen molar-refractivity contribution in [3.8, 4) is 0 Å². The minimum Gasteiger partial charge on any atom is -0.469 e. The van der Waals surface area contributed by atoms with Gasteiger partial charge in [-0.15, -0.1) is 0 Å². The molecule has 0 unspecified atom stereocenters. The van der Waals surface area contributed by atoms with Crippen LogP contribution in [0.1, 0.15) is 30.7 Å². The quantitative estimate of drug-likeness (QED) is 0.746. The van der Waals surface area contributed by atoms with Crippen LogP contribution in [0.15, 0.2) is 18.2 Å². The molecule has 1 saturated carbocycles. The number of sulfone groups is 1. The van der Waals surface area contributed by atoms with Crippen molar-refractivity contribution in [3.05, 3.63) is 29.6 Å². The number of aryl methyl sites for hydroxylation is 1. The SMILES string of the molecule is COC(=O)CC1(CS(=O)(=O)Cc2cccc(C)n2)CC1. The summed E-state index contributed by atoms with van der Waals surface area (Å²) in [6.45, 7) is 1.83. The van der Waals surface area contributed by atoms with Gasteiger partial charge >= 0.3 is 5.97 Å². The Bertz CT molecular complexity index is 605. The molecule has 1 heterocycles. The lowest BCUT2D eigenvalue weighted by Crippen LogP contribution is -2.22. The van der Waals surface area contributed by atoms with E-state index < -0.39 is 15.3 Å². The smallest absolute Gasteiger partial charge is 0.306 e. The van der Waals surface area contributed by atoms with Crippen molar-refractivity contribution < 1.29 is 17.9 Å². The molecular formula is C14H19NO4S. The Balaban J connectivity index is 2.03. The zero-order valence-corrected chi connectivity index (χ0v) is 12.6. The second kappa shape index (κ2) is 5.52. The third-order valence-corrected chi connectivity index (χ3v) is 5.33. The van der Waals surface area contributed by atoms with Gasteiger partial charge in [0.25, 0.3) is 0 Å². The van der Waals surface area contributed by atoms with Gasteiger partial charge in [0, 0.05) is 5.69 Å². The van der Waals surface area contributed by atoms with Gasteiger partial charge in [-0.3, -0.25) is 9.78 Å². The largest absolute Gasteiger partial charge is 0.469 e. The van der Waals surface area contributed by atoms with E-state index in [2.05, 4.69) is 9.72 Å². The van der Waals surface area contributed by atoms with E-state index in [1.165, 1.54) is 7.11 Å². The highest BCUT2D eigenvalue weighted by atomic mass is 32.2. The van der Waals surface area contributed by atoms with Crippen LogP contribution in [0.5, 0.6) is 0 Å². The standard InChI is InChI=1S/C14H19NO4S/c1-11-4-3-5-12(15-11)9-20(17,18)10-14(6-7-14)8-13(16)19-2/h3-5H,6-10H2,1-2H3. The summed E-state index contributed by atoms with van der Waals surface area (Å²) in [5.74, 6) is -0.381. The molecule has 20 heavy (non-hydrogen) atoms. The molecule has 5 nitrogen and oxygen atoms in total. The Morgan fingerprint density at radius 1 is 1.40 bits per heavy atom. The van der Waals surface area contributed by atoms with Gasteiger partial charge in [-0.25, -0.2) is 8.42 Å². The number of esters is 1. The first-order valence-corrected chi connectivity index (χ1v) is 8.36. The van der Waals surface area contributed by atoms with E-state index in [1.807, 2.05) is 13.0 Å². The Morgan fingerprint density at radius 2 is 2.10 bits per heavy atom. The summed E-state index contributed by atoms with van der Waals surface area (Å²) in [5, 5.41) is 0. The molecule has 0 aliphatic heterocycles. The molecule has 1 fully saturated rings. The predicted octanol–water partition coefficient (Wildman–Crippen LogP) is 1.65. The average molecular weight is 297 g/mol. The van der Waals surface area contributed by atoms with Gasteiger partial charge in [-0.1, -0.05) is 6.07 Å². The summed E-state index contributed by atoms with van der Waals surface area (Å²) in [7, 11) is -1.95. The highest BCUT2D eigenvalue weighted by molar-refractivity contribution is 7.90. The lowest BCUT2D eigenvalue weighted by atomic mass is 10.1. The second-order valence-corrected chi connectivity index (χ2v) is 7.62. The van der Waals surface area contributed by atoms with Gasteiger partial charge in [-0.2, -0.15) is 0 Å². The molecule has 110 valence electrons. The maximum Gasteiger partial charge on any atom is 0.306 e. The second-order valence-electron chi connectivity index (χ2n) is 5.56. The van der Waals surface area contributed by atoms with Gasteiger partial charge in [-0.05, 0) is 37.3 Å². The van der Waals surface area contributed by atoms with Crippen molar-refractivity contribution in [2.45, 2.75) is 31.9 Å². The fraction of sp³-hybridized carbons (Fsp3) is 0.571. The zero-order chi connectivity index (χ0) is 14.8. The maximum absolute atomic E-state index is 12.2. The van der Waals surface area contributed by atoms with Crippen molar-refractivity contribution in [2.75, 3.05) is 12.9 Å². The van der Waals surface area contributed by atoms with Gasteiger partial charge in [0.15, 0.2) is 9.84 Å². The van der Waals surface area contributed by atoms with Crippen LogP contribution in [0, 0.1) is 12.3 Å². The Kier molecular flexibility index (Phi) is 4.13. The summed E-state index contributed by atoms with van der Waals surface area (Å²) in [4.78, 5) is 15.5. The number of pyridine rings is 1. The first-order chi connectivity index (χ1) is 9.34. The van der Waals surface area contributed by atoms with Crippen LogP contribution in [-0.4, -0.2) is 32.2 Å². The van der Waals surface area contributed by atoms with E-state index in [9.17, 15) is 13.2 Å². The number of hydrogen-bond donors (Lipinski definition) is 0. The van der Waals surface area contributed by atoms with Crippen LogP contribution >= 0.6 is 0 Å². The van der Waals surface area contributed by atoms with E-state index in [4.69, 9.17) is 0 Å². The van der Waals surface area contributed by atoms with E-state index in [0.717, 1.165) is 18.5 Å². The van der Waals surface area contributed by atoms with Crippen LogP contribution < -0.4 is 0 Å². The number of rotatable bonds is 6. The van der Waals surface area contributed by atoms with Crippen molar-refractivity contribution in [3.63, 3.8) is 0 Å². The molecule has 6 heteroatoms. The summed E-state index contributed by atoms with van der Waals surface area (Å²) < 4.78 is 29.1. The van der Waals surface area contributed by atoms with Crippen LogP contribution in [0.2, 0.25) is 0 Å². The summed E-state index contributed by atoms with van der Waals surface area (Å²) in [5.41, 5.74) is 0.947. The Morgan fingerprint density at radius 3 is 2.65 bits per heavy atom. The van der Waals surface area contributed by atoms with E-state index in [0.29, 0.717) is 5.69 Å². The van der Waals surface area contributed by atoms with Gasteiger partial charge < -0.3 is 4.74 Å². The Labute approximate surface area is 119 Å². The summed E-state index contributed by atoms with van der Waals surface area (Å²) in [6, 6.07) is 5.34. The molecule has 0 saturated heterocycles. The highest BCUT2D eigenvalue weighted by Crippen LogP contribution is 2.50. The molecule has 2 rings (SSSR count). The number of methoxy groups -OCH3 is 1. The maximum atomic E-state index is 12.2. The van der Waals surface area contributed by atoms with Crippen LogP contribution in [0.4, 0.5) is 0 Å². The minimum absolute atomic E-state index is 0.0325. The molecule has 1 aromatic heterocycles. The van der Waals surface area contributed by atoms with Gasteiger partial charge in [0.05, 0.1) is 30.7 Å². The van der Waals surface area contributed by atoms with Crippen molar-refractivity contribution in [1.82, 2.24) is 4.98 Å². The fourth-order valence-electron chi connectivity index (χ4n) is 2.35. The molecule has 1 aliphatic carbocycles. The molecule has 1 aliphatic rings. The summed E-state index contributed by atoms with van der Waals surface area (Å²) >= 11 is 0. The van der Waals surface area contributed by atoms with Crippen LogP contribution in [0.3, 0.4) is 0 Å². The van der Waals surface area contributed by atoms with E-state index in [1.54, 1.807) is 12.1 Å². The molecule has 0 bridgehead atoms. The van der Waals surface area contributed by atoms with E-state index in [-0.39, 0.29) is 23.9 Å². The normalized spacial score (nSPS) is 16.7. The lowest BCUT2D eigenvalue weighted by molar-refractivity contribution is -0.141. The number of aromatic nitrogens is 1. The predicted molar refractivity (Wildman–Crippen MR) is 74.8 cm³/mol. The van der Waals surface area contributed by atoms with Crippen LogP contribution in [-0.2, 0) is 25.1 Å². The number of ether oxygens (including phenoxy) is 1. The monoisotopic (exact) mass is 297 g/mol. The number of carbonyl (C=O) groups is 1. The third-order valence-electron chi connectivity index (χ3n) is 3.54. The number of nitrogens with zero attached hydrogens (tertiary/aromatic N) is 1. The van der Waals surface area contributed by atoms with Crippen molar-refractivity contribution in [2.24, 2.45) is 5.41 Å². The van der Waals surface area contributed by atoms with Gasteiger partial charge in [0.2, 0.25) is 0 Å². The number of hydrogen-bond acceptors (Lipinski definition) is 5. The molecule has 0 atom stereocenters. The topological polar surface area (TPSA) is 73.3 Å². The van der Waals surface area contributed by atoms with Crippen molar-refractivity contribution in [1.29, 1.82) is 0 Å².